The van der Waals surface area contributed by atoms with Crippen LogP contribution in [0.2, 0.25) is 5.02 Å². The molecule has 0 N–H and O–H groups in total. The predicted molar refractivity (Wildman–Crippen MR) is 67.3 cm³/mol. The Labute approximate surface area is 99.8 Å². The van der Waals surface area contributed by atoms with Crippen LogP contribution >= 0.6 is 27.5 Å². The van der Waals surface area contributed by atoms with Gasteiger partial charge in [-0.3, -0.25) is 0 Å². The SMILES string of the molecule is CC(C)C(CBr)Cc1ccccc1Cl. The molecule has 0 radical (unpaired) electrons. The second-order valence-corrected chi connectivity index (χ2v) is 5.01. The summed E-state index contributed by atoms with van der Waals surface area (Å²) in [6.45, 7) is 4.51. The molecule has 1 unspecified atom stereocenters. The van der Waals surface area contributed by atoms with Gasteiger partial charge in [0, 0.05) is 10.4 Å². The van der Waals surface area contributed by atoms with Gasteiger partial charge in [0.2, 0.25) is 0 Å². The average Bonchev–Trinajstić information content (AvgIpc) is 2.16. The number of alkyl halides is 1. The fourth-order valence-corrected chi connectivity index (χ4v) is 2.60. The fourth-order valence-electron chi connectivity index (χ4n) is 1.41. The summed E-state index contributed by atoms with van der Waals surface area (Å²) in [7, 11) is 0. The van der Waals surface area contributed by atoms with E-state index in [4.69, 9.17) is 11.6 Å². The van der Waals surface area contributed by atoms with E-state index >= 15 is 0 Å². The van der Waals surface area contributed by atoms with Gasteiger partial charge in [0.1, 0.15) is 0 Å². The van der Waals surface area contributed by atoms with Crippen molar-refractivity contribution in [1.29, 1.82) is 0 Å². The Bertz CT molecular complexity index is 283. The molecule has 0 nitrogen and oxygen atoms in total. The lowest BCUT2D eigenvalue weighted by atomic mass is 9.91. The summed E-state index contributed by atoms with van der Waals surface area (Å²) in [5.41, 5.74) is 1.26. The van der Waals surface area contributed by atoms with E-state index < -0.39 is 0 Å². The summed E-state index contributed by atoms with van der Waals surface area (Å²) in [4.78, 5) is 0. The third-order valence-corrected chi connectivity index (χ3v) is 3.78. The van der Waals surface area contributed by atoms with E-state index in [1.165, 1.54) is 5.56 Å². The van der Waals surface area contributed by atoms with Gasteiger partial charge in [-0.1, -0.05) is 59.6 Å². The molecule has 0 spiro atoms. The molecule has 0 saturated heterocycles. The Morgan fingerprint density at radius 1 is 1.29 bits per heavy atom. The fraction of sp³-hybridized carbons (Fsp3) is 0.500. The second-order valence-electron chi connectivity index (χ2n) is 3.95. The van der Waals surface area contributed by atoms with Gasteiger partial charge in [-0.15, -0.1) is 0 Å². The quantitative estimate of drug-likeness (QED) is 0.707. The molecule has 0 aromatic heterocycles. The highest BCUT2D eigenvalue weighted by Crippen LogP contribution is 2.23. The molecule has 0 saturated carbocycles. The van der Waals surface area contributed by atoms with Crippen molar-refractivity contribution in [3.63, 3.8) is 0 Å². The number of halogens is 2. The first-order chi connectivity index (χ1) is 6.65. The standard InChI is InChI=1S/C12H16BrCl/c1-9(2)11(8-13)7-10-5-3-4-6-12(10)14/h3-6,9,11H,7-8H2,1-2H3. The summed E-state index contributed by atoms with van der Waals surface area (Å²) in [5.74, 6) is 1.35. The Morgan fingerprint density at radius 2 is 1.93 bits per heavy atom. The molecule has 14 heavy (non-hydrogen) atoms. The van der Waals surface area contributed by atoms with E-state index in [-0.39, 0.29) is 0 Å². The average molecular weight is 276 g/mol. The minimum absolute atomic E-state index is 0.662. The van der Waals surface area contributed by atoms with Gasteiger partial charge < -0.3 is 0 Å². The lowest BCUT2D eigenvalue weighted by molar-refractivity contribution is 0.427. The summed E-state index contributed by atoms with van der Waals surface area (Å²) in [5, 5.41) is 1.93. The molecule has 0 aliphatic rings. The van der Waals surface area contributed by atoms with Crippen molar-refractivity contribution in [3.05, 3.63) is 34.9 Å². The van der Waals surface area contributed by atoms with E-state index in [2.05, 4.69) is 35.8 Å². The van der Waals surface area contributed by atoms with Gasteiger partial charge >= 0.3 is 0 Å². The number of hydrogen-bond acceptors (Lipinski definition) is 0. The lowest BCUT2D eigenvalue weighted by Crippen LogP contribution is -2.13. The van der Waals surface area contributed by atoms with Crippen LogP contribution in [-0.2, 0) is 6.42 Å². The second kappa shape index (κ2) is 5.77. The smallest absolute Gasteiger partial charge is 0.0438 e. The molecular weight excluding hydrogens is 259 g/mol. The third-order valence-electron chi connectivity index (χ3n) is 2.58. The molecule has 1 atom stereocenters. The molecule has 0 aliphatic heterocycles. The van der Waals surface area contributed by atoms with Crippen molar-refractivity contribution >= 4 is 27.5 Å². The van der Waals surface area contributed by atoms with Crippen LogP contribution in [0, 0.1) is 11.8 Å². The van der Waals surface area contributed by atoms with Crippen LogP contribution in [0.4, 0.5) is 0 Å². The van der Waals surface area contributed by atoms with Gasteiger partial charge in [-0.25, -0.2) is 0 Å². The van der Waals surface area contributed by atoms with Crippen LogP contribution in [0.5, 0.6) is 0 Å². The van der Waals surface area contributed by atoms with Crippen molar-refractivity contribution in [2.24, 2.45) is 11.8 Å². The van der Waals surface area contributed by atoms with Crippen LogP contribution in [0.15, 0.2) is 24.3 Å². The van der Waals surface area contributed by atoms with Crippen LogP contribution in [0.25, 0.3) is 0 Å². The predicted octanol–water partition coefficient (Wildman–Crippen LogP) is 4.55. The van der Waals surface area contributed by atoms with E-state index in [1.54, 1.807) is 0 Å². The third kappa shape index (κ3) is 3.29. The molecule has 78 valence electrons. The van der Waals surface area contributed by atoms with E-state index in [1.807, 2.05) is 18.2 Å². The Kier molecular flexibility index (Phi) is 4.97. The lowest BCUT2D eigenvalue weighted by Gasteiger charge is -2.18. The Hall–Kier alpha value is -0.0100. The van der Waals surface area contributed by atoms with Gasteiger partial charge in [-0.2, -0.15) is 0 Å². The largest absolute Gasteiger partial charge is 0.0925 e. The van der Waals surface area contributed by atoms with E-state index in [9.17, 15) is 0 Å². The summed E-state index contributed by atoms with van der Waals surface area (Å²) < 4.78 is 0. The first-order valence-corrected chi connectivity index (χ1v) is 6.44. The molecule has 1 aromatic carbocycles. The van der Waals surface area contributed by atoms with E-state index in [0.717, 1.165) is 16.8 Å². The molecule has 0 bridgehead atoms. The van der Waals surface area contributed by atoms with Gasteiger partial charge in [-0.05, 0) is 29.9 Å². The van der Waals surface area contributed by atoms with Gasteiger partial charge in [0.15, 0.2) is 0 Å². The van der Waals surface area contributed by atoms with Gasteiger partial charge in [0.05, 0.1) is 0 Å². The van der Waals surface area contributed by atoms with Crippen molar-refractivity contribution in [2.45, 2.75) is 20.3 Å². The van der Waals surface area contributed by atoms with Crippen LogP contribution < -0.4 is 0 Å². The summed E-state index contributed by atoms with van der Waals surface area (Å²) in [6.07, 6.45) is 1.06. The zero-order valence-electron chi connectivity index (χ0n) is 8.63. The first-order valence-electron chi connectivity index (χ1n) is 4.94. The zero-order valence-corrected chi connectivity index (χ0v) is 11.0. The molecule has 0 fully saturated rings. The van der Waals surface area contributed by atoms with Crippen LogP contribution in [0.3, 0.4) is 0 Å². The minimum atomic E-state index is 0.662. The number of benzene rings is 1. The topological polar surface area (TPSA) is 0 Å². The first kappa shape index (κ1) is 12.1. The van der Waals surface area contributed by atoms with Crippen molar-refractivity contribution in [3.8, 4) is 0 Å². The molecule has 0 heterocycles. The molecule has 1 aromatic rings. The van der Waals surface area contributed by atoms with Crippen molar-refractivity contribution in [2.75, 3.05) is 5.33 Å². The Balaban J connectivity index is 2.72. The number of hydrogen-bond donors (Lipinski definition) is 0. The van der Waals surface area contributed by atoms with Crippen LogP contribution in [0.1, 0.15) is 19.4 Å². The van der Waals surface area contributed by atoms with Crippen molar-refractivity contribution in [1.82, 2.24) is 0 Å². The summed E-state index contributed by atoms with van der Waals surface area (Å²) >= 11 is 9.67. The maximum absolute atomic E-state index is 6.11. The maximum atomic E-state index is 6.11. The normalized spacial score (nSPS) is 13.2. The highest BCUT2D eigenvalue weighted by Gasteiger charge is 2.13. The van der Waals surface area contributed by atoms with Crippen molar-refractivity contribution < 1.29 is 0 Å². The molecule has 0 aliphatic carbocycles. The monoisotopic (exact) mass is 274 g/mol. The minimum Gasteiger partial charge on any atom is -0.0925 e. The van der Waals surface area contributed by atoms with Gasteiger partial charge in [0.25, 0.3) is 0 Å². The zero-order chi connectivity index (χ0) is 10.6. The molecular formula is C12H16BrCl. The highest BCUT2D eigenvalue weighted by atomic mass is 79.9. The molecule has 0 amide bonds. The van der Waals surface area contributed by atoms with Crippen LogP contribution in [-0.4, -0.2) is 5.33 Å². The summed E-state index contributed by atoms with van der Waals surface area (Å²) in [6, 6.07) is 8.10. The van der Waals surface area contributed by atoms with E-state index in [0.29, 0.717) is 11.8 Å². The highest BCUT2D eigenvalue weighted by molar-refractivity contribution is 9.09. The molecule has 2 heteroatoms. The Morgan fingerprint density at radius 3 is 2.43 bits per heavy atom. The maximum Gasteiger partial charge on any atom is 0.0438 e. The number of rotatable bonds is 4. The molecule has 1 rings (SSSR count).